The van der Waals surface area contributed by atoms with E-state index in [2.05, 4.69) is 46.7 Å². The summed E-state index contributed by atoms with van der Waals surface area (Å²) in [5.41, 5.74) is 9.62. The number of nitrogens with one attached hydrogen (secondary N) is 1. The van der Waals surface area contributed by atoms with Gasteiger partial charge >= 0.3 is 0 Å². The number of aryl methyl sites for hydroxylation is 1. The zero-order valence-electron chi connectivity index (χ0n) is 17.0. The summed E-state index contributed by atoms with van der Waals surface area (Å²) in [6.45, 7) is 1.03. The number of aromatic nitrogens is 1. The Morgan fingerprint density at radius 2 is 1.97 bits per heavy atom. The maximum Gasteiger partial charge on any atom is 0.250 e. The maximum absolute atomic E-state index is 11.2. The van der Waals surface area contributed by atoms with E-state index in [-0.39, 0.29) is 0 Å². The summed E-state index contributed by atoms with van der Waals surface area (Å²) in [5.74, 6) is 0.817. The van der Waals surface area contributed by atoms with Gasteiger partial charge in [-0.15, -0.1) is 0 Å². The first-order valence-electron chi connectivity index (χ1n) is 10.5. The lowest BCUT2D eigenvalue weighted by atomic mass is 9.87. The van der Waals surface area contributed by atoms with Crippen LogP contribution in [-0.4, -0.2) is 23.5 Å². The second-order valence-electron chi connectivity index (χ2n) is 7.73. The number of amides is 1. The van der Waals surface area contributed by atoms with Crippen molar-refractivity contribution in [3.63, 3.8) is 0 Å². The van der Waals surface area contributed by atoms with Crippen LogP contribution >= 0.6 is 0 Å². The Morgan fingerprint density at radius 3 is 2.73 bits per heavy atom. The summed E-state index contributed by atoms with van der Waals surface area (Å²) in [6, 6.07) is 20.6. The van der Waals surface area contributed by atoms with E-state index in [1.54, 1.807) is 12.1 Å². The molecule has 3 aromatic rings. The molecule has 1 atom stereocenters. The van der Waals surface area contributed by atoms with E-state index in [0.29, 0.717) is 17.5 Å². The fourth-order valence-electron chi connectivity index (χ4n) is 3.98. The molecule has 0 radical (unpaired) electrons. The number of carbonyl (C=O) groups is 1. The van der Waals surface area contributed by atoms with Crippen LogP contribution < -0.4 is 15.8 Å². The molecule has 0 saturated carbocycles. The molecule has 1 unspecified atom stereocenters. The van der Waals surface area contributed by atoms with Crippen molar-refractivity contribution >= 4 is 5.91 Å². The molecule has 4 rings (SSSR count). The maximum atomic E-state index is 11.2. The molecular weight excluding hydrogens is 374 g/mol. The van der Waals surface area contributed by atoms with Gasteiger partial charge in [-0.1, -0.05) is 42.5 Å². The minimum atomic E-state index is -0.492. The summed E-state index contributed by atoms with van der Waals surface area (Å²) in [5, 5.41) is 3.72. The van der Waals surface area contributed by atoms with Crippen LogP contribution in [0.3, 0.4) is 0 Å². The number of nitrogens with two attached hydrogens (primary N) is 1. The van der Waals surface area contributed by atoms with Gasteiger partial charge in [0.05, 0.1) is 5.56 Å². The van der Waals surface area contributed by atoms with E-state index in [9.17, 15) is 4.79 Å². The molecule has 0 fully saturated rings. The molecule has 1 heterocycles. The SMILES string of the molecule is NC(=O)c1ccc(Oc2cccc3c2CCC(NCCCc2ccccc2)C3)nc1. The first-order chi connectivity index (χ1) is 14.7. The highest BCUT2D eigenvalue weighted by Gasteiger charge is 2.21. The largest absolute Gasteiger partial charge is 0.439 e. The normalized spacial score (nSPS) is 15.4. The fourth-order valence-corrected chi connectivity index (χ4v) is 3.98. The van der Waals surface area contributed by atoms with E-state index in [4.69, 9.17) is 10.5 Å². The van der Waals surface area contributed by atoms with E-state index in [0.717, 1.165) is 44.4 Å². The number of nitrogens with zero attached hydrogens (tertiary/aromatic N) is 1. The minimum absolute atomic E-state index is 0.374. The summed E-state index contributed by atoms with van der Waals surface area (Å²) < 4.78 is 6.01. The lowest BCUT2D eigenvalue weighted by Crippen LogP contribution is -2.35. The molecule has 1 aliphatic carbocycles. The Kier molecular flexibility index (Phi) is 6.40. The van der Waals surface area contributed by atoms with Crippen molar-refractivity contribution in [1.29, 1.82) is 0 Å². The number of primary amides is 1. The molecule has 1 amide bonds. The van der Waals surface area contributed by atoms with Gasteiger partial charge in [-0.05, 0) is 67.5 Å². The molecule has 0 saturated heterocycles. The average molecular weight is 402 g/mol. The van der Waals surface area contributed by atoms with Gasteiger partial charge < -0.3 is 15.8 Å². The standard InChI is InChI=1S/C25H27N3O2/c26-25(29)20-11-14-24(28-17-20)30-23-10-4-9-19-16-21(12-13-22(19)23)27-15-5-8-18-6-2-1-3-7-18/h1-4,6-7,9-11,14,17,21,27H,5,8,12-13,15-16H2,(H2,26,29). The van der Waals surface area contributed by atoms with Crippen molar-refractivity contribution < 1.29 is 9.53 Å². The molecule has 5 heteroatoms. The van der Waals surface area contributed by atoms with E-state index in [1.165, 1.54) is 22.9 Å². The monoisotopic (exact) mass is 401 g/mol. The number of carbonyl (C=O) groups excluding carboxylic acids is 1. The van der Waals surface area contributed by atoms with Gasteiger partial charge in [0.2, 0.25) is 11.8 Å². The van der Waals surface area contributed by atoms with Gasteiger partial charge in [-0.2, -0.15) is 0 Å². The summed E-state index contributed by atoms with van der Waals surface area (Å²) in [4.78, 5) is 15.4. The number of hydrogen-bond donors (Lipinski definition) is 2. The smallest absolute Gasteiger partial charge is 0.250 e. The van der Waals surface area contributed by atoms with Crippen LogP contribution in [0, 0.1) is 0 Å². The van der Waals surface area contributed by atoms with E-state index < -0.39 is 5.91 Å². The number of ether oxygens (including phenoxy) is 1. The lowest BCUT2D eigenvalue weighted by molar-refractivity contribution is 0.1000. The molecule has 0 bridgehead atoms. The van der Waals surface area contributed by atoms with Crippen molar-refractivity contribution in [1.82, 2.24) is 10.3 Å². The molecule has 1 aliphatic rings. The van der Waals surface area contributed by atoms with Crippen LogP contribution in [0.25, 0.3) is 0 Å². The Morgan fingerprint density at radius 1 is 1.10 bits per heavy atom. The summed E-state index contributed by atoms with van der Waals surface area (Å²) in [6.07, 6.45) is 6.77. The van der Waals surface area contributed by atoms with Gasteiger partial charge in [0, 0.05) is 18.3 Å². The average Bonchev–Trinajstić information content (AvgIpc) is 2.78. The number of fused-ring (bicyclic) bond motifs is 1. The Bertz CT molecular complexity index is 987. The summed E-state index contributed by atoms with van der Waals surface area (Å²) in [7, 11) is 0. The number of rotatable bonds is 8. The second-order valence-corrected chi connectivity index (χ2v) is 7.73. The molecule has 2 aromatic carbocycles. The third-order valence-corrected chi connectivity index (χ3v) is 5.59. The van der Waals surface area contributed by atoms with E-state index >= 15 is 0 Å². The highest BCUT2D eigenvalue weighted by molar-refractivity contribution is 5.92. The van der Waals surface area contributed by atoms with Gasteiger partial charge in [0.1, 0.15) is 5.75 Å². The number of pyridine rings is 1. The van der Waals surface area contributed by atoms with Crippen LogP contribution in [0.15, 0.2) is 66.9 Å². The second kappa shape index (κ2) is 9.55. The molecule has 0 aliphatic heterocycles. The Labute approximate surface area is 177 Å². The molecule has 5 nitrogen and oxygen atoms in total. The molecular formula is C25H27N3O2. The lowest BCUT2D eigenvalue weighted by Gasteiger charge is -2.27. The van der Waals surface area contributed by atoms with Gasteiger partial charge in [-0.25, -0.2) is 4.98 Å². The van der Waals surface area contributed by atoms with Gasteiger partial charge in [0.15, 0.2) is 0 Å². The Hall–Kier alpha value is -3.18. The predicted octanol–water partition coefficient (Wildman–Crippen LogP) is 4.05. The first kappa shape index (κ1) is 20.1. The van der Waals surface area contributed by atoms with Crippen molar-refractivity contribution in [2.45, 2.75) is 38.1 Å². The number of hydrogen-bond acceptors (Lipinski definition) is 4. The van der Waals surface area contributed by atoms with Crippen LogP contribution in [0.1, 0.15) is 39.9 Å². The van der Waals surface area contributed by atoms with Crippen LogP contribution in [0.2, 0.25) is 0 Å². The van der Waals surface area contributed by atoms with Gasteiger partial charge in [-0.3, -0.25) is 4.79 Å². The van der Waals surface area contributed by atoms with E-state index in [1.807, 2.05) is 12.1 Å². The highest BCUT2D eigenvalue weighted by Crippen LogP contribution is 2.32. The molecule has 1 aromatic heterocycles. The van der Waals surface area contributed by atoms with Crippen molar-refractivity contribution in [2.75, 3.05) is 6.54 Å². The highest BCUT2D eigenvalue weighted by atomic mass is 16.5. The zero-order valence-corrected chi connectivity index (χ0v) is 17.0. The topological polar surface area (TPSA) is 77.2 Å². The van der Waals surface area contributed by atoms with Gasteiger partial charge in [0.25, 0.3) is 0 Å². The first-order valence-corrected chi connectivity index (χ1v) is 10.5. The van der Waals surface area contributed by atoms with Crippen LogP contribution in [-0.2, 0) is 19.3 Å². The predicted molar refractivity (Wildman–Crippen MR) is 118 cm³/mol. The van der Waals surface area contributed by atoms with Crippen molar-refractivity contribution in [2.24, 2.45) is 5.73 Å². The van der Waals surface area contributed by atoms with Crippen molar-refractivity contribution in [3.05, 3.63) is 89.1 Å². The van der Waals surface area contributed by atoms with Crippen LogP contribution in [0.4, 0.5) is 0 Å². The van der Waals surface area contributed by atoms with Crippen LogP contribution in [0.5, 0.6) is 11.6 Å². The molecule has 0 spiro atoms. The molecule has 3 N–H and O–H groups in total. The quantitative estimate of drug-likeness (QED) is 0.558. The minimum Gasteiger partial charge on any atom is -0.439 e. The summed E-state index contributed by atoms with van der Waals surface area (Å²) >= 11 is 0. The third kappa shape index (κ3) is 5.05. The fraction of sp³-hybridized carbons (Fsp3) is 0.280. The third-order valence-electron chi connectivity index (χ3n) is 5.59. The Balaban J connectivity index is 1.32. The molecule has 154 valence electrons. The number of benzene rings is 2. The van der Waals surface area contributed by atoms with Crippen molar-refractivity contribution in [3.8, 4) is 11.6 Å². The zero-order chi connectivity index (χ0) is 20.8. The molecule has 30 heavy (non-hydrogen) atoms.